The molecule has 0 saturated carbocycles. The smallest absolute Gasteiger partial charge is 0.251 e. The van der Waals surface area contributed by atoms with Crippen molar-refractivity contribution in [2.24, 2.45) is 0 Å². The molecule has 2 amide bonds. The van der Waals surface area contributed by atoms with E-state index >= 15 is 0 Å². The van der Waals surface area contributed by atoms with Gasteiger partial charge in [-0.1, -0.05) is 47.7 Å². The second-order valence-electron chi connectivity index (χ2n) is 7.44. The lowest BCUT2D eigenvalue weighted by Gasteiger charge is -2.09. The van der Waals surface area contributed by atoms with E-state index in [4.69, 9.17) is 0 Å². The third-order valence-corrected chi connectivity index (χ3v) is 6.80. The van der Waals surface area contributed by atoms with Crippen LogP contribution in [0.5, 0.6) is 0 Å². The zero-order valence-corrected chi connectivity index (χ0v) is 19.8. The van der Waals surface area contributed by atoms with Gasteiger partial charge in [0.1, 0.15) is 0 Å². The second-order valence-corrected chi connectivity index (χ2v) is 9.41. The molecule has 0 fully saturated rings. The molecular formula is C25H24N4O2S2. The van der Waals surface area contributed by atoms with Gasteiger partial charge in [0, 0.05) is 35.1 Å². The quantitative estimate of drug-likeness (QED) is 0.347. The van der Waals surface area contributed by atoms with Crippen LogP contribution in [0.1, 0.15) is 26.4 Å². The Bertz CT molecular complexity index is 1200. The number of imidazole rings is 1. The van der Waals surface area contributed by atoms with Gasteiger partial charge in [-0.3, -0.25) is 14.2 Å². The summed E-state index contributed by atoms with van der Waals surface area (Å²) in [5.41, 5.74) is 3.74. The van der Waals surface area contributed by atoms with E-state index in [2.05, 4.69) is 15.6 Å². The number of hydrogen-bond acceptors (Lipinski definition) is 5. The number of thiophene rings is 1. The molecule has 8 heteroatoms. The lowest BCUT2D eigenvalue weighted by Crippen LogP contribution is -2.24. The molecule has 0 unspecified atom stereocenters. The summed E-state index contributed by atoms with van der Waals surface area (Å²) in [4.78, 5) is 30.2. The van der Waals surface area contributed by atoms with Gasteiger partial charge in [-0.05, 0) is 48.2 Å². The predicted octanol–water partition coefficient (Wildman–Crippen LogP) is 4.58. The van der Waals surface area contributed by atoms with Crippen molar-refractivity contribution in [1.82, 2.24) is 20.2 Å². The first-order chi connectivity index (χ1) is 16.1. The van der Waals surface area contributed by atoms with Gasteiger partial charge < -0.3 is 10.6 Å². The van der Waals surface area contributed by atoms with Crippen molar-refractivity contribution in [3.63, 3.8) is 0 Å². The second kappa shape index (κ2) is 11.0. The Labute approximate surface area is 201 Å². The number of rotatable bonds is 9. The number of aryl methyl sites for hydroxylation is 1. The van der Waals surface area contributed by atoms with Crippen LogP contribution in [0.2, 0.25) is 0 Å². The van der Waals surface area contributed by atoms with E-state index in [-0.39, 0.29) is 17.6 Å². The van der Waals surface area contributed by atoms with Crippen molar-refractivity contribution < 1.29 is 9.59 Å². The van der Waals surface area contributed by atoms with E-state index in [9.17, 15) is 9.59 Å². The fraction of sp³-hybridized carbons (Fsp3) is 0.160. The van der Waals surface area contributed by atoms with Crippen LogP contribution in [0.3, 0.4) is 0 Å². The molecule has 2 heterocycles. The van der Waals surface area contributed by atoms with Crippen molar-refractivity contribution in [3.8, 4) is 5.69 Å². The molecule has 2 aromatic heterocycles. The topological polar surface area (TPSA) is 76.0 Å². The summed E-state index contributed by atoms with van der Waals surface area (Å²) in [7, 11) is 0. The molecule has 0 atom stereocenters. The van der Waals surface area contributed by atoms with E-state index in [0.717, 1.165) is 21.3 Å². The Kier molecular flexibility index (Phi) is 7.59. The summed E-state index contributed by atoms with van der Waals surface area (Å²) >= 11 is 2.99. The highest BCUT2D eigenvalue weighted by Crippen LogP contribution is 2.21. The van der Waals surface area contributed by atoms with Crippen LogP contribution in [-0.2, 0) is 17.9 Å². The van der Waals surface area contributed by atoms with Crippen molar-refractivity contribution in [1.29, 1.82) is 0 Å². The number of nitrogens with one attached hydrogen (secondary N) is 2. The van der Waals surface area contributed by atoms with Crippen LogP contribution in [0, 0.1) is 6.92 Å². The van der Waals surface area contributed by atoms with Crippen LogP contribution in [0.4, 0.5) is 0 Å². The lowest BCUT2D eigenvalue weighted by atomic mass is 10.1. The number of carbonyl (C=O) groups is 2. The summed E-state index contributed by atoms with van der Waals surface area (Å²) in [5, 5.41) is 8.58. The summed E-state index contributed by atoms with van der Waals surface area (Å²) < 4.78 is 1.91. The lowest BCUT2D eigenvalue weighted by molar-refractivity contribution is -0.118. The molecule has 4 aromatic rings. The molecule has 0 radical (unpaired) electrons. The van der Waals surface area contributed by atoms with E-state index in [1.54, 1.807) is 29.7 Å². The Morgan fingerprint density at radius 2 is 1.79 bits per heavy atom. The Morgan fingerprint density at radius 3 is 2.52 bits per heavy atom. The zero-order valence-electron chi connectivity index (χ0n) is 18.2. The number of thioether (sulfide) groups is 1. The summed E-state index contributed by atoms with van der Waals surface area (Å²) in [5.74, 6) is 0.111. The fourth-order valence-electron chi connectivity index (χ4n) is 3.14. The van der Waals surface area contributed by atoms with Crippen LogP contribution < -0.4 is 10.6 Å². The van der Waals surface area contributed by atoms with Crippen LogP contribution in [0.15, 0.2) is 83.6 Å². The van der Waals surface area contributed by atoms with E-state index in [1.807, 2.05) is 71.6 Å². The Balaban J connectivity index is 1.30. The van der Waals surface area contributed by atoms with Gasteiger partial charge >= 0.3 is 0 Å². The maximum Gasteiger partial charge on any atom is 0.251 e. The monoisotopic (exact) mass is 476 g/mol. The minimum absolute atomic E-state index is 0.0483. The molecular weight excluding hydrogens is 452 g/mol. The predicted molar refractivity (Wildman–Crippen MR) is 133 cm³/mol. The van der Waals surface area contributed by atoms with Crippen molar-refractivity contribution in [3.05, 3.63) is 100 Å². The molecule has 2 N–H and O–H groups in total. The molecule has 0 saturated heterocycles. The molecule has 0 spiro atoms. The Morgan fingerprint density at radius 1 is 1.00 bits per heavy atom. The molecule has 168 valence electrons. The molecule has 0 aliphatic heterocycles. The van der Waals surface area contributed by atoms with E-state index in [1.165, 1.54) is 17.3 Å². The van der Waals surface area contributed by atoms with Crippen LogP contribution in [0.25, 0.3) is 5.69 Å². The number of nitrogens with zero attached hydrogens (tertiary/aromatic N) is 2. The third-order valence-electron chi connectivity index (χ3n) is 4.96. The SMILES string of the molecule is Cc1ccc(CNC(=O)CSc2nccn2-c2ccc(C(=O)NCc3cccs3)cc2)cc1. The maximum atomic E-state index is 12.4. The van der Waals surface area contributed by atoms with Gasteiger partial charge in [0.05, 0.1) is 12.3 Å². The molecule has 0 aliphatic carbocycles. The Hall–Kier alpha value is -3.36. The highest BCUT2D eigenvalue weighted by atomic mass is 32.2. The molecule has 0 bridgehead atoms. The summed E-state index contributed by atoms with van der Waals surface area (Å²) in [6.45, 7) is 3.06. The largest absolute Gasteiger partial charge is 0.351 e. The number of aromatic nitrogens is 2. The van der Waals surface area contributed by atoms with Gasteiger partial charge in [0.25, 0.3) is 5.91 Å². The third kappa shape index (κ3) is 6.34. The normalized spacial score (nSPS) is 10.7. The number of benzene rings is 2. The average Bonchev–Trinajstić information content (AvgIpc) is 3.53. The van der Waals surface area contributed by atoms with Crippen molar-refractivity contribution >= 4 is 34.9 Å². The first kappa shape index (κ1) is 22.8. The van der Waals surface area contributed by atoms with E-state index < -0.39 is 0 Å². The first-order valence-electron chi connectivity index (χ1n) is 10.5. The highest BCUT2D eigenvalue weighted by Gasteiger charge is 2.11. The zero-order chi connectivity index (χ0) is 23.0. The maximum absolute atomic E-state index is 12.4. The van der Waals surface area contributed by atoms with Crippen molar-refractivity contribution in [2.75, 3.05) is 5.75 Å². The minimum Gasteiger partial charge on any atom is -0.351 e. The van der Waals surface area contributed by atoms with Gasteiger partial charge in [0.15, 0.2) is 5.16 Å². The first-order valence-corrected chi connectivity index (χ1v) is 12.3. The molecule has 0 aliphatic rings. The van der Waals surface area contributed by atoms with Gasteiger partial charge in [-0.15, -0.1) is 11.3 Å². The van der Waals surface area contributed by atoms with E-state index in [0.29, 0.717) is 18.7 Å². The minimum atomic E-state index is -0.111. The number of carbonyl (C=O) groups excluding carboxylic acids is 2. The van der Waals surface area contributed by atoms with Crippen molar-refractivity contribution in [2.45, 2.75) is 25.2 Å². The molecule has 6 nitrogen and oxygen atoms in total. The molecule has 33 heavy (non-hydrogen) atoms. The summed E-state index contributed by atoms with van der Waals surface area (Å²) in [6, 6.07) is 19.4. The molecule has 4 rings (SSSR count). The molecule has 2 aromatic carbocycles. The van der Waals surface area contributed by atoms with Gasteiger partial charge in [-0.25, -0.2) is 4.98 Å². The fourth-order valence-corrected chi connectivity index (χ4v) is 4.58. The summed E-state index contributed by atoms with van der Waals surface area (Å²) in [6.07, 6.45) is 3.55. The van der Waals surface area contributed by atoms with Crippen LogP contribution in [-0.4, -0.2) is 27.1 Å². The van der Waals surface area contributed by atoms with Crippen LogP contribution >= 0.6 is 23.1 Å². The van der Waals surface area contributed by atoms with Gasteiger partial charge in [-0.2, -0.15) is 0 Å². The highest BCUT2D eigenvalue weighted by molar-refractivity contribution is 7.99. The standard InChI is InChI=1S/C25H24N4O2S2/c1-18-4-6-19(7-5-18)15-27-23(30)17-33-25-26-12-13-29(25)21-10-8-20(9-11-21)24(31)28-16-22-3-2-14-32-22/h2-14H,15-17H2,1H3,(H,27,30)(H,28,31). The number of hydrogen-bond donors (Lipinski definition) is 2. The average molecular weight is 477 g/mol. The number of amides is 2. The van der Waals surface area contributed by atoms with Gasteiger partial charge in [0.2, 0.25) is 5.91 Å².